The molecule has 0 amide bonds. The Bertz CT molecular complexity index is 268. The van der Waals surface area contributed by atoms with Crippen LogP contribution in [0.1, 0.15) is 13.3 Å². The van der Waals surface area contributed by atoms with Crippen molar-refractivity contribution < 1.29 is 13.9 Å². The van der Waals surface area contributed by atoms with Gasteiger partial charge in [-0.05, 0) is 18.6 Å². The molecule has 1 aromatic rings. The van der Waals surface area contributed by atoms with E-state index in [2.05, 4.69) is 4.98 Å². The molecule has 14 heavy (non-hydrogen) atoms. The average molecular weight is 199 g/mol. The third-order valence-corrected chi connectivity index (χ3v) is 1.56. The zero-order chi connectivity index (χ0) is 10.2. The Morgan fingerprint density at radius 1 is 1.36 bits per heavy atom. The maximum atomic E-state index is 12.9. The molecule has 0 bridgehead atoms. The molecule has 78 valence electrons. The van der Waals surface area contributed by atoms with Gasteiger partial charge in [0.05, 0.1) is 6.61 Å². The lowest BCUT2D eigenvalue weighted by Gasteiger charge is -2.06. The molecule has 0 radical (unpaired) electrons. The normalized spacial score (nSPS) is 10.1. The lowest BCUT2D eigenvalue weighted by molar-refractivity contribution is 0.0988. The van der Waals surface area contributed by atoms with Crippen LogP contribution in [0.5, 0.6) is 5.75 Å². The Hall–Kier alpha value is -1.16. The van der Waals surface area contributed by atoms with Crippen LogP contribution in [0.3, 0.4) is 0 Å². The second-order valence-electron chi connectivity index (χ2n) is 2.75. The SMILES string of the molecule is CCCOCCOc1cccnc1F. The summed E-state index contributed by atoms with van der Waals surface area (Å²) in [5.41, 5.74) is 0. The van der Waals surface area contributed by atoms with Crippen molar-refractivity contribution in [3.05, 3.63) is 24.3 Å². The summed E-state index contributed by atoms with van der Waals surface area (Å²) in [5, 5.41) is 0. The second-order valence-corrected chi connectivity index (χ2v) is 2.75. The zero-order valence-electron chi connectivity index (χ0n) is 8.20. The van der Waals surface area contributed by atoms with Gasteiger partial charge in [0.1, 0.15) is 6.61 Å². The van der Waals surface area contributed by atoms with E-state index in [1.807, 2.05) is 6.92 Å². The van der Waals surface area contributed by atoms with Gasteiger partial charge in [0.2, 0.25) is 0 Å². The highest BCUT2D eigenvalue weighted by atomic mass is 19.1. The molecule has 4 heteroatoms. The van der Waals surface area contributed by atoms with Crippen molar-refractivity contribution in [3.8, 4) is 5.75 Å². The molecule has 0 aliphatic rings. The molecule has 0 saturated heterocycles. The third-order valence-electron chi connectivity index (χ3n) is 1.56. The van der Waals surface area contributed by atoms with Gasteiger partial charge >= 0.3 is 0 Å². The molecule has 0 aliphatic carbocycles. The van der Waals surface area contributed by atoms with E-state index in [0.717, 1.165) is 6.42 Å². The molecule has 0 aromatic carbocycles. The fourth-order valence-electron chi connectivity index (χ4n) is 0.936. The summed E-state index contributed by atoms with van der Waals surface area (Å²) in [6.07, 6.45) is 2.36. The zero-order valence-corrected chi connectivity index (χ0v) is 8.20. The van der Waals surface area contributed by atoms with Crippen LogP contribution >= 0.6 is 0 Å². The van der Waals surface area contributed by atoms with Crippen LogP contribution in [0.15, 0.2) is 18.3 Å². The van der Waals surface area contributed by atoms with E-state index in [4.69, 9.17) is 9.47 Å². The molecule has 0 unspecified atom stereocenters. The van der Waals surface area contributed by atoms with Crippen molar-refractivity contribution >= 4 is 0 Å². The highest BCUT2D eigenvalue weighted by molar-refractivity contribution is 5.17. The molecule has 0 atom stereocenters. The summed E-state index contributed by atoms with van der Waals surface area (Å²) >= 11 is 0. The van der Waals surface area contributed by atoms with Crippen molar-refractivity contribution in [1.29, 1.82) is 0 Å². The molecule has 0 aliphatic heterocycles. The molecular formula is C10H14FNO2. The van der Waals surface area contributed by atoms with Gasteiger partial charge in [0.25, 0.3) is 5.95 Å². The molecule has 1 heterocycles. The van der Waals surface area contributed by atoms with Crippen LogP contribution in [0, 0.1) is 5.95 Å². The maximum Gasteiger partial charge on any atom is 0.255 e. The van der Waals surface area contributed by atoms with Crippen molar-refractivity contribution in [2.75, 3.05) is 19.8 Å². The Morgan fingerprint density at radius 2 is 2.21 bits per heavy atom. The third kappa shape index (κ3) is 3.70. The first-order valence-corrected chi connectivity index (χ1v) is 4.65. The van der Waals surface area contributed by atoms with Crippen LogP contribution in [0.25, 0.3) is 0 Å². The van der Waals surface area contributed by atoms with E-state index in [9.17, 15) is 4.39 Å². The van der Waals surface area contributed by atoms with Crippen molar-refractivity contribution in [2.45, 2.75) is 13.3 Å². The first-order chi connectivity index (χ1) is 6.84. The van der Waals surface area contributed by atoms with E-state index in [1.54, 1.807) is 12.1 Å². The van der Waals surface area contributed by atoms with E-state index in [1.165, 1.54) is 6.20 Å². The van der Waals surface area contributed by atoms with Gasteiger partial charge < -0.3 is 9.47 Å². The molecule has 0 saturated carbocycles. The molecule has 0 N–H and O–H groups in total. The summed E-state index contributed by atoms with van der Waals surface area (Å²) in [4.78, 5) is 3.46. The number of hydrogen-bond donors (Lipinski definition) is 0. The molecular weight excluding hydrogens is 185 g/mol. The maximum absolute atomic E-state index is 12.9. The predicted octanol–water partition coefficient (Wildman–Crippen LogP) is 2.03. The summed E-state index contributed by atoms with van der Waals surface area (Å²) < 4.78 is 23.2. The number of nitrogens with zero attached hydrogens (tertiary/aromatic N) is 1. The van der Waals surface area contributed by atoms with Gasteiger partial charge in [-0.3, -0.25) is 0 Å². The summed E-state index contributed by atoms with van der Waals surface area (Å²) in [5.74, 6) is -0.407. The number of pyridine rings is 1. The Balaban J connectivity index is 2.21. The lowest BCUT2D eigenvalue weighted by atomic mass is 10.4. The Kier molecular flexibility index (Phi) is 4.93. The van der Waals surface area contributed by atoms with E-state index in [-0.39, 0.29) is 5.75 Å². The predicted molar refractivity (Wildman–Crippen MR) is 50.8 cm³/mol. The minimum Gasteiger partial charge on any atom is -0.486 e. The lowest BCUT2D eigenvalue weighted by Crippen LogP contribution is -2.08. The standard InChI is InChI=1S/C10H14FNO2/c1-2-6-13-7-8-14-9-4-3-5-12-10(9)11/h3-5H,2,6-8H2,1H3. The second kappa shape index (κ2) is 6.32. The van der Waals surface area contributed by atoms with E-state index >= 15 is 0 Å². The fraction of sp³-hybridized carbons (Fsp3) is 0.500. The Labute approximate surface area is 82.9 Å². The number of aromatic nitrogens is 1. The summed E-state index contributed by atoms with van der Waals surface area (Å²) in [6.45, 7) is 3.56. The van der Waals surface area contributed by atoms with Crippen LogP contribution in [0.2, 0.25) is 0 Å². The molecule has 1 aromatic heterocycles. The quantitative estimate of drug-likeness (QED) is 0.519. The summed E-state index contributed by atoms with van der Waals surface area (Å²) in [7, 11) is 0. The monoisotopic (exact) mass is 199 g/mol. The van der Waals surface area contributed by atoms with Crippen LogP contribution in [0.4, 0.5) is 4.39 Å². The van der Waals surface area contributed by atoms with Gasteiger partial charge in [-0.25, -0.2) is 4.98 Å². The van der Waals surface area contributed by atoms with Crippen LogP contribution in [-0.4, -0.2) is 24.8 Å². The molecule has 0 spiro atoms. The van der Waals surface area contributed by atoms with Crippen molar-refractivity contribution in [1.82, 2.24) is 4.98 Å². The minimum absolute atomic E-state index is 0.174. The van der Waals surface area contributed by atoms with Crippen molar-refractivity contribution in [3.63, 3.8) is 0 Å². The minimum atomic E-state index is -0.581. The van der Waals surface area contributed by atoms with Gasteiger partial charge in [-0.1, -0.05) is 6.92 Å². The number of hydrogen-bond acceptors (Lipinski definition) is 3. The van der Waals surface area contributed by atoms with Crippen molar-refractivity contribution in [2.24, 2.45) is 0 Å². The summed E-state index contributed by atoms with van der Waals surface area (Å²) in [6, 6.07) is 3.17. The van der Waals surface area contributed by atoms with E-state index in [0.29, 0.717) is 19.8 Å². The van der Waals surface area contributed by atoms with Crippen LogP contribution < -0.4 is 4.74 Å². The fourth-order valence-corrected chi connectivity index (χ4v) is 0.936. The van der Waals surface area contributed by atoms with Gasteiger partial charge in [-0.15, -0.1) is 0 Å². The van der Waals surface area contributed by atoms with Gasteiger partial charge in [-0.2, -0.15) is 4.39 Å². The highest BCUT2D eigenvalue weighted by Crippen LogP contribution is 2.12. The first-order valence-electron chi connectivity index (χ1n) is 4.65. The smallest absolute Gasteiger partial charge is 0.255 e. The average Bonchev–Trinajstić information content (AvgIpc) is 2.20. The molecule has 3 nitrogen and oxygen atoms in total. The molecule has 1 rings (SSSR count). The topological polar surface area (TPSA) is 31.4 Å². The largest absolute Gasteiger partial charge is 0.486 e. The van der Waals surface area contributed by atoms with E-state index < -0.39 is 5.95 Å². The Morgan fingerprint density at radius 3 is 2.93 bits per heavy atom. The first kappa shape index (κ1) is 10.9. The van der Waals surface area contributed by atoms with Gasteiger partial charge in [0.15, 0.2) is 5.75 Å². The highest BCUT2D eigenvalue weighted by Gasteiger charge is 2.01. The van der Waals surface area contributed by atoms with Gasteiger partial charge in [0, 0.05) is 12.8 Å². The number of ether oxygens (including phenoxy) is 2. The van der Waals surface area contributed by atoms with Crippen LogP contribution in [-0.2, 0) is 4.74 Å². The number of halogens is 1. The molecule has 0 fully saturated rings. The number of rotatable bonds is 6.